The fourth-order valence-corrected chi connectivity index (χ4v) is 4.53. The number of imidazole rings is 1. The van der Waals surface area contributed by atoms with Crippen molar-refractivity contribution in [2.45, 2.75) is 37.3 Å². The van der Waals surface area contributed by atoms with E-state index in [1.807, 2.05) is 0 Å². The average molecular weight is 572 g/mol. The highest BCUT2D eigenvalue weighted by Gasteiger charge is 2.46. The summed E-state index contributed by atoms with van der Waals surface area (Å²) >= 11 is 6.06. The quantitative estimate of drug-likeness (QED) is 0.134. The molecule has 204 valence electrons. The predicted molar refractivity (Wildman–Crippen MR) is 129 cm³/mol. The molecule has 0 radical (unpaired) electrons. The van der Waals surface area contributed by atoms with Crippen molar-refractivity contribution in [1.29, 1.82) is 0 Å². The van der Waals surface area contributed by atoms with Gasteiger partial charge in [0.1, 0.15) is 18.3 Å². The minimum absolute atomic E-state index is 0.0144. The van der Waals surface area contributed by atoms with Gasteiger partial charge in [-0.1, -0.05) is 18.2 Å². The molecule has 2 aromatic heterocycles. The predicted octanol–water partition coefficient (Wildman–Crippen LogP) is 0.435. The minimum Gasteiger partial charge on any atom is -0.464 e. The van der Waals surface area contributed by atoms with Crippen LogP contribution in [-0.4, -0.2) is 88.8 Å². The van der Waals surface area contributed by atoms with Crippen LogP contribution in [0.1, 0.15) is 23.5 Å². The molecule has 17 heteroatoms. The normalized spacial score (nSPS) is 22.4. The van der Waals surface area contributed by atoms with Gasteiger partial charge in [0.25, 0.3) is 11.8 Å². The zero-order valence-corrected chi connectivity index (χ0v) is 21.3. The number of halogens is 1. The second-order valence-corrected chi connectivity index (χ2v) is 10.0. The van der Waals surface area contributed by atoms with E-state index in [-0.39, 0.29) is 28.9 Å². The lowest BCUT2D eigenvalue weighted by molar-refractivity contribution is -0.155. The fraction of sp³-hybridized carbons (Fsp3) is 0.381. The van der Waals surface area contributed by atoms with Gasteiger partial charge in [0.2, 0.25) is 5.28 Å². The van der Waals surface area contributed by atoms with Gasteiger partial charge in [-0.15, -0.1) is 0 Å². The summed E-state index contributed by atoms with van der Waals surface area (Å²) in [6.07, 6.45) is -4.57. The molecular formula is C21H23ClN5O10P. The molecule has 1 fully saturated rings. The molecule has 1 aliphatic rings. The smallest absolute Gasteiger partial charge is 0.365 e. The van der Waals surface area contributed by atoms with Crippen molar-refractivity contribution < 1.29 is 48.4 Å². The first-order valence-corrected chi connectivity index (χ1v) is 13.2. The lowest BCUT2D eigenvalue weighted by Gasteiger charge is -2.20. The van der Waals surface area contributed by atoms with Gasteiger partial charge < -0.3 is 39.5 Å². The highest BCUT2D eigenvalue weighted by atomic mass is 35.5. The summed E-state index contributed by atoms with van der Waals surface area (Å²) in [6, 6.07) is 8.32. The number of hydrogen-bond donors (Lipinski definition) is 5. The van der Waals surface area contributed by atoms with Gasteiger partial charge in [-0.3, -0.25) is 13.9 Å². The van der Waals surface area contributed by atoms with Crippen molar-refractivity contribution in [2.24, 2.45) is 0 Å². The molecule has 1 aliphatic heterocycles. The van der Waals surface area contributed by atoms with Crippen molar-refractivity contribution in [1.82, 2.24) is 19.5 Å². The number of hydrogen-bond acceptors (Lipinski definition) is 11. The second kappa shape index (κ2) is 11.4. The topological polar surface area (TPSA) is 215 Å². The molecule has 1 amide bonds. The van der Waals surface area contributed by atoms with E-state index < -0.39 is 56.5 Å². The Morgan fingerprint density at radius 1 is 1.21 bits per heavy atom. The summed E-state index contributed by atoms with van der Waals surface area (Å²) in [7, 11) is -5.07. The third-order valence-corrected chi connectivity index (χ3v) is 6.63. The molecule has 0 bridgehead atoms. The number of ether oxygens (including phenoxy) is 3. The fourth-order valence-electron chi connectivity index (χ4n) is 3.73. The number of fused-ring (bicyclic) bond motifs is 1. The summed E-state index contributed by atoms with van der Waals surface area (Å²) in [4.78, 5) is 55.7. The molecule has 1 saturated heterocycles. The minimum atomic E-state index is -5.07. The molecule has 5 atom stereocenters. The van der Waals surface area contributed by atoms with Crippen LogP contribution in [0.3, 0.4) is 0 Å². The number of carbonyl (C=O) groups excluding carboxylic acids is 2. The molecule has 15 nitrogen and oxygen atoms in total. The highest BCUT2D eigenvalue weighted by Crippen LogP contribution is 2.43. The first kappa shape index (κ1) is 28.0. The van der Waals surface area contributed by atoms with E-state index in [1.54, 1.807) is 30.3 Å². The molecule has 5 unspecified atom stereocenters. The van der Waals surface area contributed by atoms with E-state index >= 15 is 0 Å². The number of carbonyl (C=O) groups is 2. The van der Waals surface area contributed by atoms with Crippen LogP contribution in [0.2, 0.25) is 5.28 Å². The second-order valence-electron chi connectivity index (χ2n) is 8.06. The molecule has 0 saturated carbocycles. The lowest BCUT2D eigenvalue weighted by atomic mass is 10.1. The van der Waals surface area contributed by atoms with Gasteiger partial charge in [-0.05, 0) is 30.7 Å². The van der Waals surface area contributed by atoms with E-state index in [1.165, 1.54) is 17.8 Å². The molecule has 3 heterocycles. The summed E-state index contributed by atoms with van der Waals surface area (Å²) in [5, 5.41) is 23.5. The number of aliphatic hydroxyl groups excluding tert-OH is 2. The molecule has 4 rings (SSSR count). The molecule has 1 aromatic carbocycles. The van der Waals surface area contributed by atoms with Crippen LogP contribution in [0, 0.1) is 0 Å². The van der Waals surface area contributed by atoms with Gasteiger partial charge in [-0.25, -0.2) is 9.78 Å². The SMILES string of the molecule is CCOC(=O)C(OCC1OC(n2cnc3c(NC(=O)c4ccccc4)nc(Cl)nc32)C(O)C1O)P(=O)(O)O. The molecular weight excluding hydrogens is 549 g/mol. The van der Waals surface area contributed by atoms with Gasteiger partial charge in [0.05, 0.1) is 19.5 Å². The highest BCUT2D eigenvalue weighted by molar-refractivity contribution is 7.53. The Bertz CT molecular complexity index is 1370. The van der Waals surface area contributed by atoms with Gasteiger partial charge >= 0.3 is 13.6 Å². The molecule has 38 heavy (non-hydrogen) atoms. The van der Waals surface area contributed by atoms with Crippen LogP contribution in [0.15, 0.2) is 36.7 Å². The maximum atomic E-state index is 12.6. The number of aliphatic hydroxyl groups is 2. The van der Waals surface area contributed by atoms with E-state index in [4.69, 9.17) is 21.1 Å². The zero-order valence-electron chi connectivity index (χ0n) is 19.6. The largest absolute Gasteiger partial charge is 0.464 e. The van der Waals surface area contributed by atoms with Crippen LogP contribution >= 0.6 is 19.2 Å². The maximum absolute atomic E-state index is 12.6. The third kappa shape index (κ3) is 5.85. The summed E-state index contributed by atoms with van der Waals surface area (Å²) in [5.41, 5.74) is 0.505. The first-order chi connectivity index (χ1) is 18.0. The number of amides is 1. The van der Waals surface area contributed by atoms with Crippen molar-refractivity contribution in [3.63, 3.8) is 0 Å². The standard InChI is InChI=1S/C21H23ClN5O10P/c1-2-35-19(31)20(38(32,33)34)36-8-11-13(28)14(29)18(37-11)27-9-23-12-15(25-21(22)26-16(12)27)24-17(30)10-6-4-3-5-7-10/h3-7,9,11,13-14,18,20,28-29H,2,8H2,1H3,(H2,32,33,34)(H,24,25,26,30). The van der Waals surface area contributed by atoms with Crippen LogP contribution < -0.4 is 5.32 Å². The molecule has 3 aromatic rings. The Labute approximate surface area is 219 Å². The summed E-state index contributed by atoms with van der Waals surface area (Å²) in [5.74, 6) is -4.03. The first-order valence-electron chi connectivity index (χ1n) is 11.1. The number of nitrogens with one attached hydrogen (secondary N) is 1. The Morgan fingerprint density at radius 3 is 2.58 bits per heavy atom. The van der Waals surface area contributed by atoms with Crippen LogP contribution in [-0.2, 0) is 23.6 Å². The van der Waals surface area contributed by atoms with Crippen LogP contribution in [0.4, 0.5) is 5.82 Å². The summed E-state index contributed by atoms with van der Waals surface area (Å²) < 4.78 is 28.3. The van der Waals surface area contributed by atoms with Gasteiger partial charge in [-0.2, -0.15) is 9.97 Å². The average Bonchev–Trinajstić information content (AvgIpc) is 3.40. The zero-order chi connectivity index (χ0) is 27.6. The number of nitrogens with zero attached hydrogens (tertiary/aromatic N) is 4. The van der Waals surface area contributed by atoms with Crippen molar-refractivity contribution in [3.8, 4) is 0 Å². The van der Waals surface area contributed by atoms with E-state index in [9.17, 15) is 34.2 Å². The summed E-state index contributed by atoms with van der Waals surface area (Å²) in [6.45, 7) is 0.626. The van der Waals surface area contributed by atoms with Crippen molar-refractivity contribution in [2.75, 3.05) is 18.5 Å². The Morgan fingerprint density at radius 2 is 1.92 bits per heavy atom. The third-order valence-electron chi connectivity index (χ3n) is 5.49. The molecule has 0 aliphatic carbocycles. The number of anilines is 1. The maximum Gasteiger partial charge on any atom is 0.365 e. The van der Waals surface area contributed by atoms with Crippen LogP contribution in [0.5, 0.6) is 0 Å². The molecule has 5 N–H and O–H groups in total. The molecule has 0 spiro atoms. The van der Waals surface area contributed by atoms with Crippen LogP contribution in [0.25, 0.3) is 11.2 Å². The number of benzene rings is 1. The van der Waals surface area contributed by atoms with E-state index in [0.29, 0.717) is 5.56 Å². The number of rotatable bonds is 9. The van der Waals surface area contributed by atoms with E-state index in [2.05, 4.69) is 25.0 Å². The number of aromatic nitrogens is 4. The van der Waals surface area contributed by atoms with E-state index in [0.717, 1.165) is 0 Å². The monoisotopic (exact) mass is 571 g/mol. The van der Waals surface area contributed by atoms with Crippen molar-refractivity contribution >= 4 is 48.1 Å². The van der Waals surface area contributed by atoms with Crippen molar-refractivity contribution in [3.05, 3.63) is 47.5 Å². The number of esters is 1. The Kier molecular flexibility index (Phi) is 8.40. The Balaban J connectivity index is 1.55. The lowest BCUT2D eigenvalue weighted by Crippen LogP contribution is -2.36. The van der Waals surface area contributed by atoms with Gasteiger partial charge in [0.15, 0.2) is 23.2 Å². The Hall–Kier alpha value is -3.01. The van der Waals surface area contributed by atoms with Gasteiger partial charge in [0, 0.05) is 5.56 Å².